The van der Waals surface area contributed by atoms with Gasteiger partial charge in [-0.2, -0.15) is 18.2 Å². The van der Waals surface area contributed by atoms with Crippen LogP contribution in [-0.2, 0) is 11.3 Å². The molecule has 0 amide bonds. The Labute approximate surface area is 209 Å². The molecule has 0 bridgehead atoms. The third-order valence-electron chi connectivity index (χ3n) is 6.67. The molecular formula is C23H24F4N8O2. The molecule has 4 aromatic rings. The molecular weight excluding hydrogens is 496 g/mol. The van der Waals surface area contributed by atoms with Crippen LogP contribution in [0.1, 0.15) is 7.79 Å². The minimum Gasteiger partial charge on any atom is -0.479 e. The molecule has 0 saturated carbocycles. The molecule has 1 N–H and O–H groups in total. The maximum absolute atomic E-state index is 15.0. The van der Waals surface area contributed by atoms with E-state index in [4.69, 9.17) is 10.8 Å². The Morgan fingerprint density at radius 3 is 2.81 bits per heavy atom. The van der Waals surface area contributed by atoms with Gasteiger partial charge in [0.25, 0.3) is 0 Å². The summed E-state index contributed by atoms with van der Waals surface area (Å²) in [7, 11) is 1.44. The zero-order valence-corrected chi connectivity index (χ0v) is 19.7. The van der Waals surface area contributed by atoms with Gasteiger partial charge in [-0.15, -0.1) is 10.2 Å². The lowest BCUT2D eigenvalue weighted by molar-refractivity contribution is -0.142. The van der Waals surface area contributed by atoms with Gasteiger partial charge in [-0.25, -0.2) is 13.6 Å². The summed E-state index contributed by atoms with van der Waals surface area (Å²) in [6, 6.07) is 5.25. The normalized spacial score (nSPS) is 22.7. The predicted molar refractivity (Wildman–Crippen MR) is 125 cm³/mol. The van der Waals surface area contributed by atoms with E-state index in [1.165, 1.54) is 11.6 Å². The van der Waals surface area contributed by atoms with Crippen molar-refractivity contribution >= 4 is 22.5 Å². The molecule has 1 aromatic carbocycles. The highest BCUT2D eigenvalue weighted by Crippen LogP contribution is 2.33. The molecule has 3 aromatic heterocycles. The Kier molecular flexibility index (Phi) is 5.57. The van der Waals surface area contributed by atoms with E-state index in [9.17, 15) is 13.2 Å². The summed E-state index contributed by atoms with van der Waals surface area (Å²) < 4.78 is 75.3. The minimum atomic E-state index is -4.44. The lowest BCUT2D eigenvalue weighted by Gasteiger charge is -2.42. The monoisotopic (exact) mass is 521 g/mol. The Morgan fingerprint density at radius 1 is 1.27 bits per heavy atom. The first kappa shape index (κ1) is 22.7. The van der Waals surface area contributed by atoms with Gasteiger partial charge >= 0.3 is 6.18 Å². The Bertz CT molecular complexity index is 1490. The molecule has 2 aliphatic heterocycles. The third-order valence-corrected chi connectivity index (χ3v) is 6.67. The van der Waals surface area contributed by atoms with Gasteiger partial charge < -0.3 is 14.8 Å². The smallest absolute Gasteiger partial charge is 0.408 e. The molecule has 0 radical (unpaired) electrons. The molecule has 2 atom stereocenters. The van der Waals surface area contributed by atoms with Gasteiger partial charge in [0.05, 0.1) is 39.3 Å². The number of anilines is 1. The minimum absolute atomic E-state index is 0.111. The van der Waals surface area contributed by atoms with Crippen molar-refractivity contribution in [3.63, 3.8) is 0 Å². The number of halogens is 4. The van der Waals surface area contributed by atoms with Crippen molar-refractivity contribution in [2.45, 2.75) is 37.4 Å². The van der Waals surface area contributed by atoms with Gasteiger partial charge in [0.2, 0.25) is 11.8 Å². The molecule has 10 nitrogen and oxygen atoms in total. The van der Waals surface area contributed by atoms with Crippen molar-refractivity contribution in [1.29, 1.82) is 0 Å². The predicted octanol–water partition coefficient (Wildman–Crippen LogP) is 2.94. The third kappa shape index (κ3) is 4.55. The fourth-order valence-electron chi connectivity index (χ4n) is 4.74. The number of nitrogens with zero attached hydrogens (tertiary/aromatic N) is 7. The van der Waals surface area contributed by atoms with Crippen LogP contribution < -0.4 is 10.1 Å². The lowest BCUT2D eigenvalue weighted by atomic mass is 10.0. The maximum Gasteiger partial charge on any atom is 0.408 e. The van der Waals surface area contributed by atoms with E-state index in [0.717, 1.165) is 4.68 Å². The number of piperidine rings is 1. The van der Waals surface area contributed by atoms with E-state index in [1.807, 2.05) is 0 Å². The highest BCUT2D eigenvalue weighted by Gasteiger charge is 2.36. The van der Waals surface area contributed by atoms with E-state index >= 15 is 4.39 Å². The van der Waals surface area contributed by atoms with Crippen LogP contribution in [0.5, 0.6) is 5.88 Å². The molecule has 5 heterocycles. The van der Waals surface area contributed by atoms with Gasteiger partial charge in [0, 0.05) is 24.8 Å². The van der Waals surface area contributed by atoms with Crippen molar-refractivity contribution < 1.29 is 28.4 Å². The first-order valence-corrected chi connectivity index (χ1v) is 11.7. The summed E-state index contributed by atoms with van der Waals surface area (Å²) in [5.41, 5.74) is 2.31. The van der Waals surface area contributed by atoms with Crippen LogP contribution in [0, 0.1) is 0 Å². The van der Waals surface area contributed by atoms with Crippen LogP contribution in [0.2, 0.25) is 0 Å². The van der Waals surface area contributed by atoms with Gasteiger partial charge in [-0.3, -0.25) is 4.90 Å². The molecule has 0 spiro atoms. The summed E-state index contributed by atoms with van der Waals surface area (Å²) in [5, 5.41) is 15.0. The SMILES string of the molecule is [2H]C1(N2CC[C@H](Nc3nc(OC)c4c(-c5ccc6nnn(CC(F)(F)F)c6c5)ccn4n3)[C@H](F)C2)COC1. The van der Waals surface area contributed by atoms with E-state index in [-0.39, 0.29) is 37.1 Å². The standard InChI is InChI=1S/C23H24F4N8O2/c1-36-21-20-15(13-2-3-18-19(8-13)35(32-30-18)12-23(25,26)27)4-7-34(20)31-22(29-21)28-17-5-6-33(9-16(17)24)14-10-37-11-14/h2-4,7-8,14,16-17H,5-6,9-12H2,1H3,(H,28,31)/t16-,17+/m1/s1/i14D. The maximum atomic E-state index is 15.0. The van der Waals surface area contributed by atoms with Gasteiger partial charge in [0.15, 0.2) is 0 Å². The lowest BCUT2D eigenvalue weighted by Crippen LogP contribution is -2.57. The number of likely N-dealkylation sites (tertiary alicyclic amines) is 1. The van der Waals surface area contributed by atoms with Crippen LogP contribution in [-0.4, -0.2) is 92.3 Å². The topological polar surface area (TPSA) is 94.6 Å². The molecule has 2 aliphatic rings. The summed E-state index contributed by atoms with van der Waals surface area (Å²) in [4.78, 5) is 6.24. The van der Waals surface area contributed by atoms with E-state index in [0.29, 0.717) is 35.1 Å². The van der Waals surface area contributed by atoms with Crippen LogP contribution in [0.4, 0.5) is 23.5 Å². The van der Waals surface area contributed by atoms with Crippen LogP contribution >= 0.6 is 0 Å². The van der Waals surface area contributed by atoms with Crippen molar-refractivity contribution in [3.05, 3.63) is 30.5 Å². The molecule has 0 aliphatic carbocycles. The number of hydrogen-bond donors (Lipinski definition) is 1. The van der Waals surface area contributed by atoms with E-state index < -0.39 is 31.0 Å². The number of methoxy groups -OCH3 is 1. The average Bonchev–Trinajstić information content (AvgIpc) is 3.46. The highest BCUT2D eigenvalue weighted by atomic mass is 19.4. The first-order chi connectivity index (χ1) is 18.1. The number of ether oxygens (including phenoxy) is 2. The zero-order chi connectivity index (χ0) is 26.7. The number of nitrogens with one attached hydrogen (secondary N) is 1. The highest BCUT2D eigenvalue weighted by molar-refractivity contribution is 5.89. The van der Waals surface area contributed by atoms with E-state index in [1.54, 1.807) is 35.4 Å². The number of rotatable bonds is 6. The van der Waals surface area contributed by atoms with Gasteiger partial charge in [-0.1, -0.05) is 11.3 Å². The molecule has 2 saturated heterocycles. The first-order valence-electron chi connectivity index (χ1n) is 12.2. The summed E-state index contributed by atoms with van der Waals surface area (Å²) in [5.74, 6) is 0.391. The fourth-order valence-corrected chi connectivity index (χ4v) is 4.74. The Balaban J connectivity index is 1.28. The largest absolute Gasteiger partial charge is 0.479 e. The van der Waals surface area contributed by atoms with Gasteiger partial charge in [0.1, 0.15) is 23.7 Å². The number of hydrogen-bond acceptors (Lipinski definition) is 8. The summed E-state index contributed by atoms with van der Waals surface area (Å²) >= 11 is 0. The molecule has 14 heteroatoms. The second-order valence-electron chi connectivity index (χ2n) is 9.09. The number of aromatic nitrogens is 6. The van der Waals surface area contributed by atoms with Crippen LogP contribution in [0.15, 0.2) is 30.5 Å². The van der Waals surface area contributed by atoms with Crippen LogP contribution in [0.3, 0.4) is 0 Å². The van der Waals surface area contributed by atoms with Gasteiger partial charge in [-0.05, 0) is 30.2 Å². The Hall–Kier alpha value is -3.52. The van der Waals surface area contributed by atoms with Crippen molar-refractivity contribution in [1.82, 2.24) is 34.5 Å². The molecule has 0 unspecified atom stereocenters. The second-order valence-corrected chi connectivity index (χ2v) is 9.09. The van der Waals surface area contributed by atoms with Crippen LogP contribution in [0.25, 0.3) is 27.7 Å². The summed E-state index contributed by atoms with van der Waals surface area (Å²) in [6.45, 7) is -0.0478. The average molecular weight is 521 g/mol. The fraction of sp³-hybridized carbons (Fsp3) is 0.478. The van der Waals surface area contributed by atoms with Crippen molar-refractivity contribution in [2.75, 3.05) is 38.7 Å². The molecule has 37 heavy (non-hydrogen) atoms. The van der Waals surface area contributed by atoms with Crippen molar-refractivity contribution in [3.8, 4) is 17.0 Å². The Morgan fingerprint density at radius 2 is 2.11 bits per heavy atom. The number of fused-ring (bicyclic) bond motifs is 2. The van der Waals surface area contributed by atoms with E-state index in [2.05, 4.69) is 25.7 Å². The number of benzene rings is 1. The number of alkyl halides is 4. The summed E-state index contributed by atoms with van der Waals surface area (Å²) in [6.07, 6.45) is -3.55. The molecule has 6 rings (SSSR count). The quantitative estimate of drug-likeness (QED) is 0.387. The second kappa shape index (κ2) is 9.10. The zero-order valence-electron chi connectivity index (χ0n) is 20.7. The van der Waals surface area contributed by atoms with Crippen molar-refractivity contribution in [2.24, 2.45) is 0 Å². The molecule has 196 valence electrons. The molecule has 2 fully saturated rings.